The van der Waals surface area contributed by atoms with Gasteiger partial charge >= 0.3 is 0 Å². The van der Waals surface area contributed by atoms with E-state index >= 15 is 0 Å². The van der Waals surface area contributed by atoms with E-state index in [1.165, 1.54) is 6.07 Å². The van der Waals surface area contributed by atoms with Gasteiger partial charge in [0.25, 0.3) is 0 Å². The lowest BCUT2D eigenvalue weighted by Crippen LogP contribution is -2.45. The summed E-state index contributed by atoms with van der Waals surface area (Å²) >= 11 is 0. The molecular formula is C19H24FNO2. The summed E-state index contributed by atoms with van der Waals surface area (Å²) in [5.41, 5.74) is 0.914. The van der Waals surface area contributed by atoms with E-state index in [4.69, 9.17) is 4.74 Å². The van der Waals surface area contributed by atoms with Gasteiger partial charge in [-0.1, -0.05) is 30.3 Å². The fourth-order valence-corrected chi connectivity index (χ4v) is 2.55. The van der Waals surface area contributed by atoms with Gasteiger partial charge in [0.05, 0.1) is 13.2 Å². The van der Waals surface area contributed by atoms with E-state index in [-0.39, 0.29) is 5.82 Å². The molecule has 0 fully saturated rings. The van der Waals surface area contributed by atoms with Crippen molar-refractivity contribution in [1.29, 1.82) is 0 Å². The molecule has 0 aliphatic rings. The third kappa shape index (κ3) is 4.53. The molecule has 0 spiro atoms. The van der Waals surface area contributed by atoms with Crippen LogP contribution in [0.15, 0.2) is 48.5 Å². The van der Waals surface area contributed by atoms with E-state index in [9.17, 15) is 9.50 Å². The molecule has 0 aliphatic heterocycles. The second kappa shape index (κ2) is 7.57. The zero-order valence-corrected chi connectivity index (χ0v) is 13.8. The summed E-state index contributed by atoms with van der Waals surface area (Å²) in [6, 6.07) is 14.1. The van der Waals surface area contributed by atoms with Gasteiger partial charge in [0.15, 0.2) is 0 Å². The SMILES string of the molecule is COc1cccc([C@@H](O)C(C)(C)NCCc2ccccc2F)c1. The van der Waals surface area contributed by atoms with Crippen LogP contribution in [0.2, 0.25) is 0 Å². The monoisotopic (exact) mass is 317 g/mol. The van der Waals surface area contributed by atoms with Gasteiger partial charge in [-0.2, -0.15) is 0 Å². The van der Waals surface area contributed by atoms with E-state index in [1.807, 2.05) is 44.2 Å². The van der Waals surface area contributed by atoms with E-state index in [2.05, 4.69) is 5.32 Å². The molecule has 124 valence electrons. The Labute approximate surface area is 137 Å². The van der Waals surface area contributed by atoms with Crippen LogP contribution in [0.25, 0.3) is 0 Å². The number of halogens is 1. The number of benzene rings is 2. The van der Waals surface area contributed by atoms with Crippen molar-refractivity contribution in [2.24, 2.45) is 0 Å². The Balaban J connectivity index is 1.98. The van der Waals surface area contributed by atoms with Crippen molar-refractivity contribution in [3.63, 3.8) is 0 Å². The topological polar surface area (TPSA) is 41.5 Å². The van der Waals surface area contributed by atoms with Crippen molar-refractivity contribution in [3.8, 4) is 5.75 Å². The quantitative estimate of drug-likeness (QED) is 0.821. The number of methoxy groups -OCH3 is 1. The maximum Gasteiger partial charge on any atom is 0.126 e. The zero-order valence-electron chi connectivity index (χ0n) is 13.8. The molecule has 0 unspecified atom stereocenters. The Bertz CT molecular complexity index is 643. The number of hydrogen-bond donors (Lipinski definition) is 2. The third-order valence-corrected chi connectivity index (χ3v) is 4.03. The summed E-state index contributed by atoms with van der Waals surface area (Å²) in [5, 5.41) is 13.9. The van der Waals surface area contributed by atoms with Crippen LogP contribution in [-0.2, 0) is 6.42 Å². The van der Waals surface area contributed by atoms with Crippen LogP contribution >= 0.6 is 0 Å². The average molecular weight is 317 g/mol. The summed E-state index contributed by atoms with van der Waals surface area (Å²) < 4.78 is 18.8. The standard InChI is InChI=1S/C19H24FNO2/c1-19(2,18(22)15-8-6-9-16(13-15)23-3)21-12-11-14-7-4-5-10-17(14)20/h4-10,13,18,21-22H,11-12H2,1-3H3/t18-/m1/s1. The minimum absolute atomic E-state index is 0.194. The first-order valence-electron chi connectivity index (χ1n) is 7.74. The minimum atomic E-state index is -0.696. The summed E-state index contributed by atoms with van der Waals surface area (Å²) in [6.45, 7) is 4.44. The van der Waals surface area contributed by atoms with E-state index in [1.54, 1.807) is 19.2 Å². The fraction of sp³-hybridized carbons (Fsp3) is 0.368. The number of hydrogen-bond acceptors (Lipinski definition) is 3. The summed E-state index contributed by atoms with van der Waals surface area (Å²) in [5.74, 6) is 0.518. The van der Waals surface area contributed by atoms with E-state index in [0.29, 0.717) is 24.3 Å². The molecule has 0 heterocycles. The molecule has 0 saturated heterocycles. The van der Waals surface area contributed by atoms with Crippen molar-refractivity contribution >= 4 is 0 Å². The van der Waals surface area contributed by atoms with Gasteiger partial charge in [-0.15, -0.1) is 0 Å². The van der Waals surface area contributed by atoms with Gasteiger partial charge in [0.2, 0.25) is 0 Å². The highest BCUT2D eigenvalue weighted by Gasteiger charge is 2.28. The van der Waals surface area contributed by atoms with Crippen LogP contribution in [0.4, 0.5) is 4.39 Å². The van der Waals surface area contributed by atoms with Crippen LogP contribution < -0.4 is 10.1 Å². The number of aliphatic hydroxyl groups is 1. The first-order valence-corrected chi connectivity index (χ1v) is 7.74. The maximum atomic E-state index is 13.6. The normalized spacial score (nSPS) is 12.9. The van der Waals surface area contributed by atoms with Crippen LogP contribution in [0, 0.1) is 5.82 Å². The lowest BCUT2D eigenvalue weighted by atomic mass is 9.91. The minimum Gasteiger partial charge on any atom is -0.497 e. The lowest BCUT2D eigenvalue weighted by Gasteiger charge is -2.32. The highest BCUT2D eigenvalue weighted by atomic mass is 19.1. The molecule has 0 bridgehead atoms. The van der Waals surface area contributed by atoms with E-state index in [0.717, 1.165) is 5.56 Å². The molecule has 2 rings (SSSR count). The number of rotatable bonds is 7. The molecule has 2 aromatic carbocycles. The number of ether oxygens (including phenoxy) is 1. The van der Waals surface area contributed by atoms with Gasteiger partial charge in [-0.25, -0.2) is 4.39 Å². The molecule has 4 heteroatoms. The van der Waals surface area contributed by atoms with Crippen molar-refractivity contribution in [3.05, 3.63) is 65.5 Å². The van der Waals surface area contributed by atoms with Gasteiger partial charge in [0.1, 0.15) is 11.6 Å². The van der Waals surface area contributed by atoms with Crippen LogP contribution in [-0.4, -0.2) is 24.3 Å². The van der Waals surface area contributed by atoms with Crippen molar-refractivity contribution in [1.82, 2.24) is 5.32 Å². The van der Waals surface area contributed by atoms with Gasteiger partial charge in [0, 0.05) is 5.54 Å². The molecular weight excluding hydrogens is 293 g/mol. The highest BCUT2D eigenvalue weighted by Crippen LogP contribution is 2.27. The Hall–Kier alpha value is -1.91. The van der Waals surface area contributed by atoms with Crippen molar-refractivity contribution in [2.45, 2.75) is 31.9 Å². The Morgan fingerprint density at radius 2 is 1.91 bits per heavy atom. The molecule has 3 nitrogen and oxygen atoms in total. The third-order valence-electron chi connectivity index (χ3n) is 4.03. The smallest absolute Gasteiger partial charge is 0.126 e. The Morgan fingerprint density at radius 1 is 1.17 bits per heavy atom. The largest absolute Gasteiger partial charge is 0.497 e. The van der Waals surface area contributed by atoms with Crippen LogP contribution in [0.1, 0.15) is 31.1 Å². The second-order valence-corrected chi connectivity index (χ2v) is 6.17. The predicted octanol–water partition coefficient (Wildman–Crippen LogP) is 3.48. The van der Waals surface area contributed by atoms with Crippen molar-refractivity contribution in [2.75, 3.05) is 13.7 Å². The average Bonchev–Trinajstić information content (AvgIpc) is 2.56. The zero-order chi connectivity index (χ0) is 16.9. The predicted molar refractivity (Wildman–Crippen MR) is 90.1 cm³/mol. The molecule has 2 N–H and O–H groups in total. The first-order chi connectivity index (χ1) is 10.9. The lowest BCUT2D eigenvalue weighted by molar-refractivity contribution is 0.0805. The molecule has 1 atom stereocenters. The summed E-state index contributed by atoms with van der Waals surface area (Å²) in [6.07, 6.45) is -0.126. The molecule has 0 amide bonds. The highest BCUT2D eigenvalue weighted by molar-refractivity contribution is 5.31. The van der Waals surface area contributed by atoms with Gasteiger partial charge in [-0.05, 0) is 56.1 Å². The molecule has 23 heavy (non-hydrogen) atoms. The second-order valence-electron chi connectivity index (χ2n) is 6.17. The van der Waals surface area contributed by atoms with E-state index < -0.39 is 11.6 Å². The molecule has 2 aromatic rings. The Morgan fingerprint density at radius 3 is 2.61 bits per heavy atom. The van der Waals surface area contributed by atoms with Crippen LogP contribution in [0.3, 0.4) is 0 Å². The number of nitrogens with one attached hydrogen (secondary N) is 1. The van der Waals surface area contributed by atoms with Crippen LogP contribution in [0.5, 0.6) is 5.75 Å². The molecule has 0 aromatic heterocycles. The van der Waals surface area contributed by atoms with Gasteiger partial charge in [-0.3, -0.25) is 0 Å². The Kier molecular flexibility index (Phi) is 5.74. The first kappa shape index (κ1) is 17.4. The summed E-state index contributed by atoms with van der Waals surface area (Å²) in [4.78, 5) is 0. The molecule has 0 saturated carbocycles. The van der Waals surface area contributed by atoms with Crippen molar-refractivity contribution < 1.29 is 14.2 Å². The summed E-state index contributed by atoms with van der Waals surface area (Å²) in [7, 11) is 1.60. The number of aliphatic hydroxyl groups excluding tert-OH is 1. The van der Waals surface area contributed by atoms with Gasteiger partial charge < -0.3 is 15.2 Å². The molecule has 0 radical (unpaired) electrons. The maximum absolute atomic E-state index is 13.6. The molecule has 0 aliphatic carbocycles. The fourth-order valence-electron chi connectivity index (χ4n) is 2.55.